The summed E-state index contributed by atoms with van der Waals surface area (Å²) < 4.78 is 22.3. The Kier molecular flexibility index (Phi) is 6.46. The van der Waals surface area contributed by atoms with Crippen molar-refractivity contribution in [2.45, 2.75) is 18.9 Å². The fraction of sp³-hybridized carbons (Fsp3) is 0.320. The first-order chi connectivity index (χ1) is 15.2. The van der Waals surface area contributed by atoms with Crippen molar-refractivity contribution < 1.29 is 23.7 Å². The summed E-state index contributed by atoms with van der Waals surface area (Å²) in [7, 11) is 1.59. The maximum Gasteiger partial charge on any atom is 0.244 e. The van der Waals surface area contributed by atoms with Gasteiger partial charge in [0.1, 0.15) is 19.8 Å². The first-order valence-corrected chi connectivity index (χ1v) is 10.5. The number of methoxy groups -OCH3 is 1. The number of ether oxygens (including phenoxy) is 4. The van der Waals surface area contributed by atoms with Gasteiger partial charge < -0.3 is 24.3 Å². The maximum atomic E-state index is 12.7. The molecule has 2 aliphatic rings. The number of rotatable bonds is 9. The Labute approximate surface area is 182 Å². The molecule has 0 spiro atoms. The van der Waals surface area contributed by atoms with Crippen molar-refractivity contribution in [2.75, 3.05) is 26.9 Å². The van der Waals surface area contributed by atoms with E-state index >= 15 is 0 Å². The van der Waals surface area contributed by atoms with E-state index in [4.69, 9.17) is 18.9 Å². The highest BCUT2D eigenvalue weighted by Gasteiger charge is 2.33. The molecule has 1 amide bonds. The predicted molar refractivity (Wildman–Crippen MR) is 119 cm³/mol. The summed E-state index contributed by atoms with van der Waals surface area (Å²) in [5.74, 6) is 3.04. The van der Waals surface area contributed by atoms with Crippen LogP contribution in [0.1, 0.15) is 30.0 Å². The molecule has 2 aromatic rings. The zero-order valence-electron chi connectivity index (χ0n) is 17.6. The van der Waals surface area contributed by atoms with Gasteiger partial charge in [-0.05, 0) is 60.2 Å². The van der Waals surface area contributed by atoms with E-state index in [1.54, 1.807) is 25.3 Å². The van der Waals surface area contributed by atoms with Gasteiger partial charge in [0.2, 0.25) is 5.91 Å². The zero-order valence-corrected chi connectivity index (χ0v) is 17.6. The molecule has 0 radical (unpaired) electrons. The quantitative estimate of drug-likeness (QED) is 0.483. The third kappa shape index (κ3) is 5.20. The Morgan fingerprint density at radius 3 is 2.71 bits per heavy atom. The van der Waals surface area contributed by atoms with Crippen molar-refractivity contribution in [1.29, 1.82) is 0 Å². The molecule has 1 aliphatic heterocycles. The Morgan fingerprint density at radius 2 is 1.97 bits per heavy atom. The fourth-order valence-electron chi connectivity index (χ4n) is 3.59. The molecule has 2 aromatic carbocycles. The van der Waals surface area contributed by atoms with Crippen LogP contribution in [-0.4, -0.2) is 32.8 Å². The van der Waals surface area contributed by atoms with Crippen LogP contribution in [0.2, 0.25) is 0 Å². The highest BCUT2D eigenvalue weighted by Crippen LogP contribution is 2.43. The van der Waals surface area contributed by atoms with E-state index in [-0.39, 0.29) is 11.9 Å². The second-order valence-electron chi connectivity index (χ2n) is 7.57. The monoisotopic (exact) mass is 421 g/mol. The molecule has 0 bridgehead atoms. The number of fused-ring (bicyclic) bond motifs is 1. The Morgan fingerprint density at radius 1 is 1.16 bits per heavy atom. The second-order valence-corrected chi connectivity index (χ2v) is 7.57. The average molecular weight is 421 g/mol. The lowest BCUT2D eigenvalue weighted by atomic mass is 10.0. The predicted octanol–water partition coefficient (Wildman–Crippen LogP) is 4.31. The summed E-state index contributed by atoms with van der Waals surface area (Å²) >= 11 is 0. The van der Waals surface area contributed by atoms with Crippen molar-refractivity contribution in [3.8, 4) is 23.0 Å². The largest absolute Gasteiger partial charge is 0.493 e. The summed E-state index contributed by atoms with van der Waals surface area (Å²) in [6.07, 6.45) is 7.20. The maximum absolute atomic E-state index is 12.7. The van der Waals surface area contributed by atoms with Crippen LogP contribution >= 0.6 is 0 Å². The smallest absolute Gasteiger partial charge is 0.244 e. The van der Waals surface area contributed by atoms with E-state index < -0.39 is 0 Å². The summed E-state index contributed by atoms with van der Waals surface area (Å²) in [6.45, 7) is 5.15. The van der Waals surface area contributed by atoms with Crippen LogP contribution in [0.15, 0.2) is 55.1 Å². The molecule has 1 saturated carbocycles. The first kappa shape index (κ1) is 20.8. The van der Waals surface area contributed by atoms with Gasteiger partial charge in [-0.15, -0.1) is 0 Å². The molecule has 6 heteroatoms. The van der Waals surface area contributed by atoms with Crippen LogP contribution in [-0.2, 0) is 4.79 Å². The van der Waals surface area contributed by atoms with E-state index in [0.29, 0.717) is 37.2 Å². The normalized spacial score (nSPS) is 15.9. The van der Waals surface area contributed by atoms with Crippen LogP contribution < -0.4 is 24.3 Å². The lowest BCUT2D eigenvalue weighted by molar-refractivity contribution is -0.117. The third-order valence-corrected chi connectivity index (χ3v) is 5.29. The number of carbonyl (C=O) groups excluding carboxylic acids is 1. The highest BCUT2D eigenvalue weighted by atomic mass is 16.6. The minimum atomic E-state index is -0.141. The van der Waals surface area contributed by atoms with Gasteiger partial charge in [0, 0.05) is 6.08 Å². The van der Waals surface area contributed by atoms with Crippen LogP contribution in [0.4, 0.5) is 0 Å². The Bertz CT molecular complexity index is 980. The van der Waals surface area contributed by atoms with Gasteiger partial charge in [-0.25, -0.2) is 0 Å². The van der Waals surface area contributed by atoms with Crippen LogP contribution in [0.25, 0.3) is 6.08 Å². The van der Waals surface area contributed by atoms with Gasteiger partial charge in [-0.1, -0.05) is 24.8 Å². The van der Waals surface area contributed by atoms with E-state index in [2.05, 4.69) is 11.9 Å². The van der Waals surface area contributed by atoms with Crippen molar-refractivity contribution in [3.05, 3.63) is 66.3 Å². The lowest BCUT2D eigenvalue weighted by Crippen LogP contribution is -2.28. The zero-order chi connectivity index (χ0) is 21.6. The molecule has 0 aromatic heterocycles. The van der Waals surface area contributed by atoms with Crippen LogP contribution in [0.3, 0.4) is 0 Å². The third-order valence-electron chi connectivity index (χ3n) is 5.29. The lowest BCUT2D eigenvalue weighted by Gasteiger charge is -2.22. The molecular formula is C25H27NO5. The van der Waals surface area contributed by atoms with Gasteiger partial charge in [-0.3, -0.25) is 4.79 Å². The second kappa shape index (κ2) is 9.60. The molecule has 1 heterocycles. The molecule has 1 N–H and O–H groups in total. The van der Waals surface area contributed by atoms with E-state index in [1.807, 2.05) is 36.4 Å². The Hall–Kier alpha value is -3.41. The molecule has 1 fully saturated rings. The van der Waals surface area contributed by atoms with Crippen molar-refractivity contribution >= 4 is 12.0 Å². The molecule has 0 saturated heterocycles. The van der Waals surface area contributed by atoms with Crippen molar-refractivity contribution in [3.63, 3.8) is 0 Å². The first-order valence-electron chi connectivity index (χ1n) is 10.5. The number of hydrogen-bond acceptors (Lipinski definition) is 5. The number of carbonyl (C=O) groups is 1. The molecule has 0 unspecified atom stereocenters. The minimum absolute atomic E-state index is 0.0443. The SMILES string of the molecule is C=CCOc1ccc(/C=C/C(=O)N[C@@H](c2ccc3c(c2)OCCO3)C2CC2)cc1OC. The molecule has 1 atom stereocenters. The van der Waals surface area contributed by atoms with E-state index in [0.717, 1.165) is 35.5 Å². The van der Waals surface area contributed by atoms with Gasteiger partial charge in [0.05, 0.1) is 13.2 Å². The van der Waals surface area contributed by atoms with Crippen molar-refractivity contribution in [2.24, 2.45) is 5.92 Å². The van der Waals surface area contributed by atoms with Gasteiger partial charge >= 0.3 is 0 Å². The van der Waals surface area contributed by atoms with Gasteiger partial charge in [-0.2, -0.15) is 0 Å². The molecule has 1 aliphatic carbocycles. The summed E-state index contributed by atoms with van der Waals surface area (Å²) in [5, 5.41) is 3.15. The molecule has 4 rings (SSSR count). The Balaban J connectivity index is 1.44. The summed E-state index contributed by atoms with van der Waals surface area (Å²) in [5.41, 5.74) is 1.89. The topological polar surface area (TPSA) is 66.0 Å². The number of amides is 1. The van der Waals surface area contributed by atoms with Crippen LogP contribution in [0.5, 0.6) is 23.0 Å². The van der Waals surface area contributed by atoms with Gasteiger partial charge in [0.25, 0.3) is 0 Å². The molecule has 162 valence electrons. The van der Waals surface area contributed by atoms with Crippen LogP contribution in [0, 0.1) is 5.92 Å². The minimum Gasteiger partial charge on any atom is -0.493 e. The standard InChI is InChI=1S/C25H27NO5/c1-3-12-29-20-9-4-17(15-22(20)28-2)5-11-24(27)26-25(18-6-7-18)19-8-10-21-23(16-19)31-14-13-30-21/h3-5,8-11,15-16,18,25H,1,6-7,12-14H2,2H3,(H,26,27)/b11-5+/t25-/m1/s1. The number of hydrogen-bond donors (Lipinski definition) is 1. The molecule has 31 heavy (non-hydrogen) atoms. The number of nitrogens with one attached hydrogen (secondary N) is 1. The number of benzene rings is 2. The summed E-state index contributed by atoms with van der Waals surface area (Å²) in [4.78, 5) is 12.7. The average Bonchev–Trinajstić information content (AvgIpc) is 3.65. The summed E-state index contributed by atoms with van der Waals surface area (Å²) in [6, 6.07) is 11.4. The van der Waals surface area contributed by atoms with E-state index in [1.165, 1.54) is 0 Å². The van der Waals surface area contributed by atoms with Gasteiger partial charge in [0.15, 0.2) is 23.0 Å². The molecular weight excluding hydrogens is 394 g/mol. The fourth-order valence-corrected chi connectivity index (χ4v) is 3.59. The van der Waals surface area contributed by atoms with E-state index in [9.17, 15) is 4.79 Å². The highest BCUT2D eigenvalue weighted by molar-refractivity contribution is 5.92. The van der Waals surface area contributed by atoms with Crippen molar-refractivity contribution in [1.82, 2.24) is 5.32 Å². The molecule has 6 nitrogen and oxygen atoms in total.